The molecule has 3 N–H and O–H groups in total. The van der Waals surface area contributed by atoms with Crippen LogP contribution in [0.1, 0.15) is 19.9 Å². The number of likely N-dealkylation sites (N-methyl/N-ethyl adjacent to an activating group) is 1. The highest BCUT2D eigenvalue weighted by Gasteiger charge is 2.19. The number of benzene rings is 1. The van der Waals surface area contributed by atoms with Gasteiger partial charge in [-0.2, -0.15) is 0 Å². The molecule has 0 aliphatic carbocycles. The molecule has 0 fully saturated rings. The van der Waals surface area contributed by atoms with Crippen molar-refractivity contribution in [2.45, 2.75) is 19.9 Å². The predicted molar refractivity (Wildman–Crippen MR) is 72.6 cm³/mol. The van der Waals surface area contributed by atoms with Gasteiger partial charge in [0.1, 0.15) is 6.04 Å². The number of halogens is 1. The number of aromatic nitrogens is 2. The minimum Gasteiger partial charge on any atom is -0.369 e. The van der Waals surface area contributed by atoms with E-state index < -0.39 is 6.04 Å². The summed E-state index contributed by atoms with van der Waals surface area (Å²) in [5.74, 6) is 0.226. The van der Waals surface area contributed by atoms with Crippen molar-refractivity contribution < 1.29 is 4.79 Å². The smallest absolute Gasteiger partial charge is 0.242 e. The van der Waals surface area contributed by atoms with Gasteiger partial charge < -0.3 is 11.1 Å². The van der Waals surface area contributed by atoms with Gasteiger partial charge in [-0.3, -0.25) is 9.36 Å². The zero-order valence-corrected chi connectivity index (χ0v) is 11.0. The van der Waals surface area contributed by atoms with Gasteiger partial charge in [0.15, 0.2) is 0 Å². The molecule has 1 unspecified atom stereocenters. The molecule has 0 aliphatic rings. The van der Waals surface area contributed by atoms with Crippen LogP contribution in [0.5, 0.6) is 0 Å². The summed E-state index contributed by atoms with van der Waals surface area (Å²) in [5, 5.41) is 3.36. The number of fused-ring (bicyclic) bond motifs is 1. The Morgan fingerprint density at radius 3 is 3.00 bits per heavy atom. The van der Waals surface area contributed by atoms with Crippen molar-refractivity contribution in [3.63, 3.8) is 0 Å². The fourth-order valence-corrected chi connectivity index (χ4v) is 2.10. The Labute approximate surface area is 110 Å². The monoisotopic (exact) mass is 266 g/mol. The van der Waals surface area contributed by atoms with E-state index in [-0.39, 0.29) is 5.91 Å². The van der Waals surface area contributed by atoms with Crippen LogP contribution in [0, 0.1) is 0 Å². The first-order valence-electron chi connectivity index (χ1n) is 5.75. The summed E-state index contributed by atoms with van der Waals surface area (Å²) in [6.45, 7) is 4.25. The minimum atomic E-state index is -0.406. The molecule has 1 aromatic carbocycles. The van der Waals surface area contributed by atoms with Gasteiger partial charge in [0.25, 0.3) is 0 Å². The third kappa shape index (κ3) is 2.13. The van der Waals surface area contributed by atoms with E-state index in [1.54, 1.807) is 23.6 Å². The third-order valence-electron chi connectivity index (χ3n) is 2.80. The summed E-state index contributed by atoms with van der Waals surface area (Å²) < 4.78 is 1.71. The number of carbonyl (C=O) groups is 1. The first-order valence-corrected chi connectivity index (χ1v) is 6.13. The molecule has 0 radical (unpaired) electrons. The zero-order chi connectivity index (χ0) is 13.3. The number of amides is 1. The molecule has 0 aliphatic heterocycles. The van der Waals surface area contributed by atoms with Gasteiger partial charge in [0.2, 0.25) is 11.9 Å². The quantitative estimate of drug-likeness (QED) is 0.892. The molecule has 18 heavy (non-hydrogen) atoms. The molecule has 1 atom stereocenters. The van der Waals surface area contributed by atoms with Gasteiger partial charge in [0, 0.05) is 11.6 Å². The largest absolute Gasteiger partial charge is 0.369 e. The van der Waals surface area contributed by atoms with Crippen molar-refractivity contribution in [2.24, 2.45) is 0 Å². The average molecular weight is 267 g/mol. The molecule has 2 rings (SSSR count). The van der Waals surface area contributed by atoms with Gasteiger partial charge in [-0.25, -0.2) is 4.98 Å². The SMILES string of the molecule is CCNC(=O)C(C)n1c(N)nc2cc(Cl)ccc21. The number of hydrogen-bond acceptors (Lipinski definition) is 3. The van der Waals surface area contributed by atoms with Gasteiger partial charge in [-0.1, -0.05) is 11.6 Å². The molecule has 0 saturated heterocycles. The summed E-state index contributed by atoms with van der Waals surface area (Å²) in [7, 11) is 0. The van der Waals surface area contributed by atoms with Crippen LogP contribution in [0.4, 0.5) is 5.95 Å². The number of hydrogen-bond donors (Lipinski definition) is 2. The second kappa shape index (κ2) is 4.86. The van der Waals surface area contributed by atoms with E-state index >= 15 is 0 Å². The first-order chi connectivity index (χ1) is 8.54. The molecular weight excluding hydrogens is 252 g/mol. The molecule has 2 aromatic rings. The van der Waals surface area contributed by atoms with E-state index in [9.17, 15) is 4.79 Å². The van der Waals surface area contributed by atoms with Crippen LogP contribution in [-0.4, -0.2) is 22.0 Å². The van der Waals surface area contributed by atoms with E-state index in [2.05, 4.69) is 10.3 Å². The van der Waals surface area contributed by atoms with Crippen LogP contribution in [0.25, 0.3) is 11.0 Å². The second-order valence-electron chi connectivity index (χ2n) is 4.04. The third-order valence-corrected chi connectivity index (χ3v) is 3.03. The number of anilines is 1. The Balaban J connectivity index is 2.50. The molecule has 5 nitrogen and oxygen atoms in total. The maximum absolute atomic E-state index is 11.9. The Morgan fingerprint density at radius 2 is 2.33 bits per heavy atom. The normalized spacial score (nSPS) is 12.6. The number of nitrogens with one attached hydrogen (secondary N) is 1. The fraction of sp³-hybridized carbons (Fsp3) is 0.333. The molecule has 96 valence electrons. The summed E-state index contributed by atoms with van der Waals surface area (Å²) in [4.78, 5) is 16.1. The molecule has 1 heterocycles. The van der Waals surface area contributed by atoms with E-state index in [4.69, 9.17) is 17.3 Å². The highest BCUT2D eigenvalue weighted by atomic mass is 35.5. The Hall–Kier alpha value is -1.75. The summed E-state index contributed by atoms with van der Waals surface area (Å²) in [5.41, 5.74) is 7.36. The van der Waals surface area contributed by atoms with Crippen molar-refractivity contribution in [2.75, 3.05) is 12.3 Å². The Kier molecular flexibility index (Phi) is 3.43. The van der Waals surface area contributed by atoms with E-state index in [0.717, 1.165) is 5.52 Å². The Bertz CT molecular complexity index is 593. The summed E-state index contributed by atoms with van der Waals surface area (Å²) in [6, 6.07) is 4.90. The van der Waals surface area contributed by atoms with Crippen molar-refractivity contribution in [1.82, 2.24) is 14.9 Å². The molecule has 0 saturated carbocycles. The lowest BCUT2D eigenvalue weighted by atomic mass is 10.2. The average Bonchev–Trinajstić information content (AvgIpc) is 2.63. The molecular formula is C12H15ClN4O. The number of imidazole rings is 1. The standard InChI is InChI=1S/C12H15ClN4O/c1-3-15-11(18)7(2)17-10-5-4-8(13)6-9(10)16-12(17)14/h4-7H,3H2,1-2H3,(H2,14,16)(H,15,18). The van der Waals surface area contributed by atoms with Gasteiger partial charge >= 0.3 is 0 Å². The van der Waals surface area contributed by atoms with Crippen LogP contribution >= 0.6 is 11.6 Å². The number of rotatable bonds is 3. The van der Waals surface area contributed by atoms with Gasteiger partial charge in [-0.05, 0) is 32.0 Å². The lowest BCUT2D eigenvalue weighted by Crippen LogP contribution is -2.31. The van der Waals surface area contributed by atoms with Gasteiger partial charge in [0.05, 0.1) is 11.0 Å². The molecule has 1 amide bonds. The van der Waals surface area contributed by atoms with Crippen LogP contribution in [0.3, 0.4) is 0 Å². The molecule has 1 aromatic heterocycles. The van der Waals surface area contributed by atoms with E-state index in [1.165, 1.54) is 0 Å². The lowest BCUT2D eigenvalue weighted by Gasteiger charge is -2.15. The van der Waals surface area contributed by atoms with Gasteiger partial charge in [-0.15, -0.1) is 0 Å². The highest BCUT2D eigenvalue weighted by Crippen LogP contribution is 2.25. The van der Waals surface area contributed by atoms with Crippen molar-refractivity contribution in [3.05, 3.63) is 23.2 Å². The van der Waals surface area contributed by atoms with Crippen LogP contribution in [-0.2, 0) is 4.79 Å². The molecule has 6 heteroatoms. The van der Waals surface area contributed by atoms with Crippen molar-refractivity contribution >= 4 is 34.5 Å². The number of carbonyl (C=O) groups excluding carboxylic acids is 1. The van der Waals surface area contributed by atoms with Crippen LogP contribution in [0.2, 0.25) is 5.02 Å². The summed E-state index contributed by atoms with van der Waals surface area (Å²) in [6.07, 6.45) is 0. The van der Waals surface area contributed by atoms with E-state index in [1.807, 2.05) is 13.0 Å². The van der Waals surface area contributed by atoms with E-state index in [0.29, 0.717) is 23.0 Å². The number of nitrogens with zero attached hydrogens (tertiary/aromatic N) is 2. The van der Waals surface area contributed by atoms with Crippen molar-refractivity contribution in [1.29, 1.82) is 0 Å². The molecule has 0 spiro atoms. The topological polar surface area (TPSA) is 72.9 Å². The fourth-order valence-electron chi connectivity index (χ4n) is 1.94. The summed E-state index contributed by atoms with van der Waals surface area (Å²) >= 11 is 5.90. The minimum absolute atomic E-state index is 0.0848. The maximum Gasteiger partial charge on any atom is 0.242 e. The van der Waals surface area contributed by atoms with Crippen molar-refractivity contribution in [3.8, 4) is 0 Å². The lowest BCUT2D eigenvalue weighted by molar-refractivity contribution is -0.123. The zero-order valence-electron chi connectivity index (χ0n) is 10.3. The predicted octanol–water partition coefficient (Wildman–Crippen LogP) is 1.97. The van der Waals surface area contributed by atoms with Crippen LogP contribution < -0.4 is 11.1 Å². The van der Waals surface area contributed by atoms with Crippen LogP contribution in [0.15, 0.2) is 18.2 Å². The molecule has 0 bridgehead atoms. The maximum atomic E-state index is 11.9. The highest BCUT2D eigenvalue weighted by molar-refractivity contribution is 6.31. The number of nitrogen functional groups attached to an aromatic ring is 1. The second-order valence-corrected chi connectivity index (χ2v) is 4.48. The first kappa shape index (κ1) is 12.7. The Morgan fingerprint density at radius 1 is 1.61 bits per heavy atom. The number of nitrogens with two attached hydrogens (primary N) is 1.